The first-order valence-electron chi connectivity index (χ1n) is 12.2. The number of unbranched alkanes of at least 4 members (excludes halogenated alkanes) is 2. The van der Waals surface area contributed by atoms with Crippen LogP contribution in [0.3, 0.4) is 0 Å². The third kappa shape index (κ3) is 6.27. The average Bonchev–Trinajstić information content (AvgIpc) is 2.85. The van der Waals surface area contributed by atoms with Crippen LogP contribution in [0.4, 0.5) is 26.3 Å². The molecule has 0 saturated heterocycles. The summed E-state index contributed by atoms with van der Waals surface area (Å²) in [6.45, 7) is 2.43. The predicted molar refractivity (Wildman–Crippen MR) is 133 cm³/mol. The number of hydrogen-bond acceptors (Lipinski definition) is 1. The van der Waals surface area contributed by atoms with E-state index in [1.165, 1.54) is 30.3 Å². The van der Waals surface area contributed by atoms with Crippen LogP contribution in [0.5, 0.6) is 5.75 Å². The highest BCUT2D eigenvalue weighted by Gasteiger charge is 2.29. The second-order valence-corrected chi connectivity index (χ2v) is 8.99. The Kier molecular flexibility index (Phi) is 8.10. The average molecular weight is 517 g/mol. The van der Waals surface area contributed by atoms with E-state index in [2.05, 4.69) is 0 Å². The Hall–Kier alpha value is -3.48. The van der Waals surface area contributed by atoms with E-state index in [0.29, 0.717) is 34.9 Å². The molecule has 0 saturated carbocycles. The first-order valence-corrected chi connectivity index (χ1v) is 12.2. The van der Waals surface area contributed by atoms with Crippen molar-refractivity contribution in [1.29, 1.82) is 0 Å². The van der Waals surface area contributed by atoms with E-state index in [9.17, 15) is 22.0 Å². The summed E-state index contributed by atoms with van der Waals surface area (Å²) in [5, 5.41) is 0.775. The third-order valence-electron chi connectivity index (χ3n) is 6.32. The van der Waals surface area contributed by atoms with Crippen molar-refractivity contribution in [1.82, 2.24) is 0 Å². The Bertz CT molecular complexity index is 1350. The fourth-order valence-electron chi connectivity index (χ4n) is 4.28. The Balaban J connectivity index is 1.52. The van der Waals surface area contributed by atoms with Gasteiger partial charge in [-0.05, 0) is 59.5 Å². The molecule has 0 aliphatic rings. The predicted octanol–water partition coefficient (Wildman–Crippen LogP) is 9.30. The second kappa shape index (κ2) is 11.3. The molecule has 0 unspecified atom stereocenters. The van der Waals surface area contributed by atoms with Crippen molar-refractivity contribution in [2.45, 2.75) is 45.2 Å². The minimum Gasteiger partial charge on any atom is -0.493 e. The third-order valence-corrected chi connectivity index (χ3v) is 6.32. The molecule has 0 N–H and O–H groups in total. The largest absolute Gasteiger partial charge is 0.493 e. The molecule has 1 nitrogen and oxygen atoms in total. The number of halogens is 6. The van der Waals surface area contributed by atoms with E-state index in [-0.39, 0.29) is 23.3 Å². The van der Waals surface area contributed by atoms with Gasteiger partial charge in [0.05, 0.1) is 17.7 Å². The summed E-state index contributed by atoms with van der Waals surface area (Å²) in [5.74, 6) is -1.87. The van der Waals surface area contributed by atoms with Gasteiger partial charge in [-0.25, -0.2) is 13.2 Å². The van der Waals surface area contributed by atoms with Gasteiger partial charge in [-0.3, -0.25) is 0 Å². The Morgan fingerprint density at radius 3 is 2.11 bits per heavy atom. The number of alkyl halides is 3. The highest BCUT2D eigenvalue weighted by Crippen LogP contribution is 2.33. The van der Waals surface area contributed by atoms with Crippen LogP contribution in [0.2, 0.25) is 0 Å². The monoisotopic (exact) mass is 516 g/mol. The Morgan fingerprint density at radius 2 is 1.46 bits per heavy atom. The maximum absolute atomic E-state index is 15.2. The lowest BCUT2D eigenvalue weighted by atomic mass is 9.96. The summed E-state index contributed by atoms with van der Waals surface area (Å²) in [6.07, 6.45) is -0.983. The highest BCUT2D eigenvalue weighted by molar-refractivity contribution is 5.88. The molecule has 37 heavy (non-hydrogen) atoms. The van der Waals surface area contributed by atoms with Crippen molar-refractivity contribution in [3.63, 3.8) is 0 Å². The molecular weight excluding hydrogens is 490 g/mol. The minimum absolute atomic E-state index is 0.124. The molecule has 4 aromatic rings. The fourth-order valence-corrected chi connectivity index (χ4v) is 4.28. The lowest BCUT2D eigenvalue weighted by molar-refractivity contribution is -0.137. The van der Waals surface area contributed by atoms with Gasteiger partial charge in [0, 0.05) is 17.5 Å². The van der Waals surface area contributed by atoms with Gasteiger partial charge in [0.15, 0.2) is 0 Å². The van der Waals surface area contributed by atoms with Crippen molar-refractivity contribution in [3.05, 3.63) is 101 Å². The van der Waals surface area contributed by atoms with Gasteiger partial charge in [-0.1, -0.05) is 56.2 Å². The molecule has 4 aromatic carbocycles. The maximum atomic E-state index is 15.2. The van der Waals surface area contributed by atoms with E-state index in [0.717, 1.165) is 43.5 Å². The molecule has 0 aromatic heterocycles. The van der Waals surface area contributed by atoms with Crippen LogP contribution in [0.1, 0.15) is 42.9 Å². The molecule has 0 radical (unpaired) electrons. The normalized spacial score (nSPS) is 11.8. The molecular formula is C30H26F6O. The maximum Gasteiger partial charge on any atom is 0.416 e. The van der Waals surface area contributed by atoms with Crippen LogP contribution in [0.25, 0.3) is 21.9 Å². The number of rotatable bonds is 9. The summed E-state index contributed by atoms with van der Waals surface area (Å²) in [7, 11) is 0. The van der Waals surface area contributed by atoms with Crippen LogP contribution in [0, 0.1) is 17.5 Å². The summed E-state index contributed by atoms with van der Waals surface area (Å²) in [4.78, 5) is 0. The van der Waals surface area contributed by atoms with Crippen molar-refractivity contribution >= 4 is 10.8 Å². The van der Waals surface area contributed by atoms with Crippen molar-refractivity contribution in [2.24, 2.45) is 0 Å². The van der Waals surface area contributed by atoms with Crippen LogP contribution >= 0.6 is 0 Å². The van der Waals surface area contributed by atoms with E-state index in [1.807, 2.05) is 6.92 Å². The van der Waals surface area contributed by atoms with E-state index >= 15 is 4.39 Å². The Labute approximate surface area is 211 Å². The van der Waals surface area contributed by atoms with Crippen molar-refractivity contribution < 1.29 is 31.1 Å². The van der Waals surface area contributed by atoms with Crippen LogP contribution in [-0.2, 0) is 19.0 Å². The molecule has 0 spiro atoms. The quantitative estimate of drug-likeness (QED) is 0.159. The summed E-state index contributed by atoms with van der Waals surface area (Å²) < 4.78 is 88.5. The molecule has 0 fully saturated rings. The molecule has 194 valence electrons. The zero-order valence-electron chi connectivity index (χ0n) is 20.3. The van der Waals surface area contributed by atoms with E-state index in [1.54, 1.807) is 12.1 Å². The van der Waals surface area contributed by atoms with Crippen LogP contribution in [-0.4, -0.2) is 6.61 Å². The number of hydrogen-bond donors (Lipinski definition) is 0. The number of ether oxygens (including phenoxy) is 1. The first kappa shape index (κ1) is 26.6. The van der Waals surface area contributed by atoms with Gasteiger partial charge in [-0.2, -0.15) is 13.2 Å². The molecule has 4 rings (SSSR count). The SMILES string of the molecule is CCCCCOc1cc(F)c(-c2ccc3c(F)c(CCc4ccc(C(F)(F)F)cc4)ccc3c2)c(F)c1. The van der Waals surface area contributed by atoms with Gasteiger partial charge in [-0.15, -0.1) is 0 Å². The lowest BCUT2D eigenvalue weighted by Crippen LogP contribution is -2.04. The molecule has 7 heteroatoms. The van der Waals surface area contributed by atoms with Gasteiger partial charge in [0.25, 0.3) is 0 Å². The smallest absolute Gasteiger partial charge is 0.416 e. The molecule has 0 aliphatic carbocycles. The van der Waals surface area contributed by atoms with Gasteiger partial charge < -0.3 is 4.74 Å². The number of fused-ring (bicyclic) bond motifs is 1. The van der Waals surface area contributed by atoms with Gasteiger partial charge in [0.1, 0.15) is 23.2 Å². The minimum atomic E-state index is -4.41. The van der Waals surface area contributed by atoms with Crippen molar-refractivity contribution in [3.8, 4) is 16.9 Å². The molecule has 0 aliphatic heterocycles. The van der Waals surface area contributed by atoms with Crippen molar-refractivity contribution in [2.75, 3.05) is 6.61 Å². The second-order valence-electron chi connectivity index (χ2n) is 8.99. The molecule has 0 atom stereocenters. The standard InChI is InChI=1S/C30H26F6O/c1-2-3-4-15-37-24-17-26(31)28(27(32)18-24)22-11-14-25-21(16-22)10-9-20(29(25)33)8-5-19-6-12-23(13-7-19)30(34,35)36/h6-7,9-14,16-18H,2-5,8,15H2,1H3. The highest BCUT2D eigenvalue weighted by atomic mass is 19.4. The van der Waals surface area contributed by atoms with E-state index < -0.39 is 29.2 Å². The zero-order valence-corrected chi connectivity index (χ0v) is 20.3. The molecule has 0 amide bonds. The van der Waals surface area contributed by atoms with Gasteiger partial charge >= 0.3 is 6.18 Å². The Morgan fingerprint density at radius 1 is 0.757 bits per heavy atom. The summed E-state index contributed by atoms with van der Waals surface area (Å²) >= 11 is 0. The fraction of sp³-hybridized carbons (Fsp3) is 0.267. The number of benzene rings is 4. The van der Waals surface area contributed by atoms with Gasteiger partial charge in [0.2, 0.25) is 0 Å². The number of aryl methyl sites for hydroxylation is 2. The van der Waals surface area contributed by atoms with E-state index in [4.69, 9.17) is 4.74 Å². The zero-order chi connectivity index (χ0) is 26.6. The first-order chi connectivity index (χ1) is 17.7. The molecule has 0 heterocycles. The topological polar surface area (TPSA) is 9.23 Å². The summed E-state index contributed by atoms with van der Waals surface area (Å²) in [6, 6.07) is 14.8. The summed E-state index contributed by atoms with van der Waals surface area (Å²) in [5.41, 5.74) is 0.395. The van der Waals surface area contributed by atoms with Crippen LogP contribution in [0.15, 0.2) is 66.7 Å². The molecule has 0 bridgehead atoms. The van der Waals surface area contributed by atoms with Crippen LogP contribution < -0.4 is 4.74 Å². The lowest BCUT2D eigenvalue weighted by Gasteiger charge is -2.12.